The van der Waals surface area contributed by atoms with Crippen molar-refractivity contribution >= 4 is 5.91 Å². The molecule has 0 aliphatic carbocycles. The summed E-state index contributed by atoms with van der Waals surface area (Å²) in [5.41, 5.74) is 1.74. The number of amides is 1. The second-order valence-electron chi connectivity index (χ2n) is 6.60. The SMILES string of the molecule is CCN(CC)CCOCCNC(=O)C(Cc1cccnc1)c1ccc(F)cc1. The molecule has 28 heavy (non-hydrogen) atoms. The van der Waals surface area contributed by atoms with Gasteiger partial charge in [0.25, 0.3) is 0 Å². The number of hydrogen-bond donors (Lipinski definition) is 1. The largest absolute Gasteiger partial charge is 0.378 e. The van der Waals surface area contributed by atoms with Crippen LogP contribution < -0.4 is 5.32 Å². The summed E-state index contributed by atoms with van der Waals surface area (Å²) in [7, 11) is 0. The van der Waals surface area contributed by atoms with Gasteiger partial charge in [-0.15, -0.1) is 0 Å². The molecule has 1 atom stereocenters. The summed E-state index contributed by atoms with van der Waals surface area (Å²) in [6, 6.07) is 9.88. The van der Waals surface area contributed by atoms with Gasteiger partial charge in [0.15, 0.2) is 0 Å². The van der Waals surface area contributed by atoms with Crippen LogP contribution in [0.2, 0.25) is 0 Å². The number of halogens is 1. The number of ether oxygens (including phenoxy) is 1. The predicted octanol–water partition coefficient (Wildman–Crippen LogP) is 3.02. The molecule has 1 amide bonds. The standard InChI is InChI=1S/C22H30FN3O2/c1-3-26(4-2)13-15-28-14-12-25-22(27)21(16-18-6-5-11-24-17-18)19-7-9-20(23)10-8-19/h5-11,17,21H,3-4,12-16H2,1-2H3,(H,25,27). The van der Waals surface area contributed by atoms with Crippen LogP contribution in [0.15, 0.2) is 48.8 Å². The number of carbonyl (C=O) groups excluding carboxylic acids is 1. The van der Waals surface area contributed by atoms with Crippen LogP contribution in [0.3, 0.4) is 0 Å². The van der Waals surface area contributed by atoms with Crippen LogP contribution in [0, 0.1) is 5.82 Å². The average molecular weight is 387 g/mol. The molecule has 1 aromatic heterocycles. The second-order valence-corrected chi connectivity index (χ2v) is 6.60. The average Bonchev–Trinajstić information content (AvgIpc) is 2.73. The van der Waals surface area contributed by atoms with Crippen molar-refractivity contribution in [3.05, 3.63) is 65.7 Å². The van der Waals surface area contributed by atoms with E-state index in [0.717, 1.165) is 30.8 Å². The first kappa shape index (κ1) is 22.0. The molecular weight excluding hydrogens is 357 g/mol. The van der Waals surface area contributed by atoms with Gasteiger partial charge < -0.3 is 15.0 Å². The summed E-state index contributed by atoms with van der Waals surface area (Å²) >= 11 is 0. The number of nitrogens with one attached hydrogen (secondary N) is 1. The highest BCUT2D eigenvalue weighted by atomic mass is 19.1. The molecule has 0 bridgehead atoms. The van der Waals surface area contributed by atoms with Crippen LogP contribution in [-0.4, -0.2) is 55.2 Å². The van der Waals surface area contributed by atoms with Crippen molar-refractivity contribution in [3.8, 4) is 0 Å². The lowest BCUT2D eigenvalue weighted by Gasteiger charge is -2.19. The van der Waals surface area contributed by atoms with Gasteiger partial charge in [0, 0.05) is 25.5 Å². The Balaban J connectivity index is 1.87. The third-order valence-corrected chi connectivity index (χ3v) is 4.74. The highest BCUT2D eigenvalue weighted by Crippen LogP contribution is 2.21. The summed E-state index contributed by atoms with van der Waals surface area (Å²) in [4.78, 5) is 19.2. The number of nitrogens with zero attached hydrogens (tertiary/aromatic N) is 2. The summed E-state index contributed by atoms with van der Waals surface area (Å²) in [5, 5.41) is 2.94. The van der Waals surface area contributed by atoms with Crippen molar-refractivity contribution in [2.75, 3.05) is 39.4 Å². The van der Waals surface area contributed by atoms with Gasteiger partial charge in [-0.25, -0.2) is 4.39 Å². The van der Waals surface area contributed by atoms with E-state index in [4.69, 9.17) is 4.74 Å². The Kier molecular flexibility index (Phi) is 9.59. The van der Waals surface area contributed by atoms with E-state index in [0.29, 0.717) is 26.2 Å². The third-order valence-electron chi connectivity index (χ3n) is 4.74. The molecule has 152 valence electrons. The molecule has 1 N–H and O–H groups in total. The van der Waals surface area contributed by atoms with Crippen molar-refractivity contribution in [1.29, 1.82) is 0 Å². The highest BCUT2D eigenvalue weighted by Gasteiger charge is 2.21. The van der Waals surface area contributed by atoms with E-state index >= 15 is 0 Å². The first-order valence-corrected chi connectivity index (χ1v) is 9.86. The maximum Gasteiger partial charge on any atom is 0.227 e. The van der Waals surface area contributed by atoms with Gasteiger partial charge in [-0.05, 0) is 48.8 Å². The molecule has 0 saturated carbocycles. The Hall–Kier alpha value is -2.31. The number of likely N-dealkylation sites (N-methyl/N-ethyl adjacent to an activating group) is 1. The monoisotopic (exact) mass is 387 g/mol. The summed E-state index contributed by atoms with van der Waals surface area (Å²) in [6.07, 6.45) is 3.96. The number of aromatic nitrogens is 1. The molecule has 1 unspecified atom stereocenters. The molecule has 0 fully saturated rings. The zero-order valence-electron chi connectivity index (χ0n) is 16.7. The fourth-order valence-electron chi connectivity index (χ4n) is 3.02. The Morgan fingerprint density at radius 3 is 2.57 bits per heavy atom. The van der Waals surface area contributed by atoms with E-state index in [2.05, 4.69) is 29.0 Å². The Morgan fingerprint density at radius 1 is 1.18 bits per heavy atom. The van der Waals surface area contributed by atoms with Crippen LogP contribution in [-0.2, 0) is 16.0 Å². The molecule has 0 saturated heterocycles. The smallest absolute Gasteiger partial charge is 0.227 e. The minimum absolute atomic E-state index is 0.0946. The van der Waals surface area contributed by atoms with Crippen LogP contribution in [0.1, 0.15) is 30.9 Å². The molecule has 2 rings (SSSR count). The van der Waals surface area contributed by atoms with E-state index < -0.39 is 5.92 Å². The van der Waals surface area contributed by atoms with Gasteiger partial charge in [0.05, 0.1) is 19.1 Å². The number of rotatable bonds is 12. The number of benzene rings is 1. The Morgan fingerprint density at radius 2 is 1.93 bits per heavy atom. The van der Waals surface area contributed by atoms with Gasteiger partial charge >= 0.3 is 0 Å². The maximum absolute atomic E-state index is 13.3. The lowest BCUT2D eigenvalue weighted by atomic mass is 9.91. The fourth-order valence-corrected chi connectivity index (χ4v) is 3.02. The Labute approximate surface area is 166 Å². The normalized spacial score (nSPS) is 12.1. The number of carbonyl (C=O) groups is 1. The minimum Gasteiger partial charge on any atom is -0.378 e. The van der Waals surface area contributed by atoms with E-state index in [1.54, 1.807) is 24.5 Å². The van der Waals surface area contributed by atoms with Crippen LogP contribution in [0.25, 0.3) is 0 Å². The van der Waals surface area contributed by atoms with Crippen molar-refractivity contribution < 1.29 is 13.9 Å². The molecular formula is C22H30FN3O2. The summed E-state index contributed by atoms with van der Waals surface area (Å²) < 4.78 is 18.9. The zero-order valence-corrected chi connectivity index (χ0v) is 16.7. The van der Waals surface area contributed by atoms with E-state index in [1.165, 1.54) is 12.1 Å². The fraction of sp³-hybridized carbons (Fsp3) is 0.455. The molecule has 5 nitrogen and oxygen atoms in total. The zero-order chi connectivity index (χ0) is 20.2. The van der Waals surface area contributed by atoms with Gasteiger partial charge in [-0.3, -0.25) is 9.78 Å². The van der Waals surface area contributed by atoms with Crippen molar-refractivity contribution in [2.24, 2.45) is 0 Å². The second kappa shape index (κ2) is 12.2. The number of pyridine rings is 1. The molecule has 0 aliphatic rings. The summed E-state index contributed by atoms with van der Waals surface area (Å²) in [6.45, 7) is 8.71. The van der Waals surface area contributed by atoms with E-state index in [1.807, 2.05) is 12.1 Å². The van der Waals surface area contributed by atoms with Gasteiger partial charge in [-0.1, -0.05) is 32.0 Å². The van der Waals surface area contributed by atoms with E-state index in [-0.39, 0.29) is 11.7 Å². The molecule has 0 radical (unpaired) electrons. The van der Waals surface area contributed by atoms with Crippen molar-refractivity contribution in [3.63, 3.8) is 0 Å². The van der Waals surface area contributed by atoms with Crippen molar-refractivity contribution in [1.82, 2.24) is 15.2 Å². The van der Waals surface area contributed by atoms with Crippen molar-refractivity contribution in [2.45, 2.75) is 26.2 Å². The molecule has 2 aromatic rings. The van der Waals surface area contributed by atoms with Crippen LogP contribution in [0.4, 0.5) is 4.39 Å². The van der Waals surface area contributed by atoms with Gasteiger partial charge in [0.1, 0.15) is 5.82 Å². The Bertz CT molecular complexity index is 691. The van der Waals surface area contributed by atoms with Crippen LogP contribution >= 0.6 is 0 Å². The molecule has 0 aliphatic heterocycles. The lowest BCUT2D eigenvalue weighted by Crippen LogP contribution is -2.34. The molecule has 0 spiro atoms. The number of hydrogen-bond acceptors (Lipinski definition) is 4. The quantitative estimate of drug-likeness (QED) is 0.569. The maximum atomic E-state index is 13.3. The molecule has 6 heteroatoms. The first-order valence-electron chi connectivity index (χ1n) is 9.86. The molecule has 1 heterocycles. The highest BCUT2D eigenvalue weighted by molar-refractivity contribution is 5.84. The minimum atomic E-state index is -0.402. The topological polar surface area (TPSA) is 54.5 Å². The summed E-state index contributed by atoms with van der Waals surface area (Å²) in [5.74, 6) is -0.811. The van der Waals surface area contributed by atoms with Gasteiger partial charge in [0.2, 0.25) is 5.91 Å². The van der Waals surface area contributed by atoms with E-state index in [9.17, 15) is 9.18 Å². The lowest BCUT2D eigenvalue weighted by molar-refractivity contribution is -0.122. The van der Waals surface area contributed by atoms with Crippen LogP contribution in [0.5, 0.6) is 0 Å². The predicted molar refractivity (Wildman–Crippen MR) is 109 cm³/mol. The van der Waals surface area contributed by atoms with Gasteiger partial charge in [-0.2, -0.15) is 0 Å². The first-order chi connectivity index (χ1) is 13.6. The third kappa shape index (κ3) is 7.37. The molecule has 1 aromatic carbocycles.